The molecular formula is C16H18O2. The molecule has 1 heterocycles. The van der Waals surface area contributed by atoms with E-state index in [-0.39, 0.29) is 6.29 Å². The maximum atomic E-state index is 5.79. The number of fused-ring (bicyclic) bond motifs is 2. The number of rotatable bonds is 2. The van der Waals surface area contributed by atoms with E-state index in [1.807, 2.05) is 0 Å². The topological polar surface area (TPSA) is 18.5 Å². The Kier molecular flexibility index (Phi) is 2.52. The van der Waals surface area contributed by atoms with Gasteiger partial charge in [-0.1, -0.05) is 42.5 Å². The van der Waals surface area contributed by atoms with Crippen LogP contribution in [-0.4, -0.2) is 19.5 Å². The number of allylic oxidation sites excluding steroid dienone is 2. The maximum absolute atomic E-state index is 5.79. The minimum Gasteiger partial charge on any atom is -0.350 e. The Bertz CT molecular complexity index is 447. The number of benzene rings is 1. The molecule has 2 heteroatoms. The van der Waals surface area contributed by atoms with Crippen LogP contribution in [0.1, 0.15) is 17.9 Å². The van der Waals surface area contributed by atoms with E-state index in [1.165, 1.54) is 12.0 Å². The molecule has 4 rings (SSSR count). The van der Waals surface area contributed by atoms with Gasteiger partial charge in [-0.05, 0) is 29.7 Å². The maximum Gasteiger partial charge on any atom is 0.161 e. The Balaban J connectivity index is 1.69. The van der Waals surface area contributed by atoms with Gasteiger partial charge in [0.25, 0.3) is 0 Å². The Hall–Kier alpha value is -1.12. The Morgan fingerprint density at radius 3 is 2.39 bits per heavy atom. The summed E-state index contributed by atoms with van der Waals surface area (Å²) in [4.78, 5) is 0. The van der Waals surface area contributed by atoms with Crippen molar-refractivity contribution in [1.82, 2.24) is 0 Å². The smallest absolute Gasteiger partial charge is 0.161 e. The van der Waals surface area contributed by atoms with Gasteiger partial charge in [0.05, 0.1) is 13.2 Å². The molecule has 0 unspecified atom stereocenters. The summed E-state index contributed by atoms with van der Waals surface area (Å²) in [7, 11) is 0. The summed E-state index contributed by atoms with van der Waals surface area (Å²) in [5, 5.41) is 0. The second kappa shape index (κ2) is 4.22. The zero-order valence-corrected chi connectivity index (χ0v) is 10.4. The van der Waals surface area contributed by atoms with Crippen LogP contribution in [0, 0.1) is 17.8 Å². The molecule has 2 aliphatic carbocycles. The van der Waals surface area contributed by atoms with Crippen LogP contribution < -0.4 is 0 Å². The molecule has 2 bridgehead atoms. The predicted molar refractivity (Wildman–Crippen MR) is 69.1 cm³/mol. The van der Waals surface area contributed by atoms with Gasteiger partial charge in [-0.25, -0.2) is 0 Å². The molecule has 18 heavy (non-hydrogen) atoms. The van der Waals surface area contributed by atoms with Crippen LogP contribution in [0.4, 0.5) is 0 Å². The molecule has 1 saturated heterocycles. The Morgan fingerprint density at radius 2 is 1.61 bits per heavy atom. The highest BCUT2D eigenvalue weighted by Crippen LogP contribution is 2.55. The largest absolute Gasteiger partial charge is 0.350 e. The van der Waals surface area contributed by atoms with Crippen LogP contribution in [-0.2, 0) is 9.47 Å². The van der Waals surface area contributed by atoms with Gasteiger partial charge in [0.15, 0.2) is 6.29 Å². The second-order valence-corrected chi connectivity index (χ2v) is 5.57. The molecular weight excluding hydrogens is 224 g/mol. The van der Waals surface area contributed by atoms with E-state index in [2.05, 4.69) is 42.5 Å². The summed E-state index contributed by atoms with van der Waals surface area (Å²) >= 11 is 0. The van der Waals surface area contributed by atoms with Gasteiger partial charge in [0, 0.05) is 5.92 Å². The third kappa shape index (κ3) is 1.56. The minimum absolute atomic E-state index is 0.00940. The highest BCUT2D eigenvalue weighted by molar-refractivity contribution is 5.29. The van der Waals surface area contributed by atoms with Crippen molar-refractivity contribution in [2.24, 2.45) is 17.8 Å². The van der Waals surface area contributed by atoms with Crippen molar-refractivity contribution in [1.29, 1.82) is 0 Å². The van der Waals surface area contributed by atoms with Crippen LogP contribution in [0.15, 0.2) is 42.5 Å². The van der Waals surface area contributed by atoms with Crippen LogP contribution in [0.3, 0.4) is 0 Å². The van der Waals surface area contributed by atoms with E-state index in [1.54, 1.807) is 0 Å². The third-order valence-corrected chi connectivity index (χ3v) is 4.67. The average Bonchev–Trinajstić information content (AvgIpc) is 3.15. The number of ether oxygens (including phenoxy) is 2. The molecule has 1 aromatic rings. The van der Waals surface area contributed by atoms with Gasteiger partial charge in [-0.2, -0.15) is 0 Å². The summed E-state index contributed by atoms with van der Waals surface area (Å²) < 4.78 is 11.6. The fourth-order valence-corrected chi connectivity index (χ4v) is 3.98. The zero-order chi connectivity index (χ0) is 11.9. The van der Waals surface area contributed by atoms with E-state index < -0.39 is 0 Å². The van der Waals surface area contributed by atoms with Gasteiger partial charge < -0.3 is 9.47 Å². The second-order valence-electron chi connectivity index (χ2n) is 5.57. The van der Waals surface area contributed by atoms with Crippen molar-refractivity contribution in [3.05, 3.63) is 48.0 Å². The zero-order valence-electron chi connectivity index (χ0n) is 10.4. The van der Waals surface area contributed by atoms with Crippen LogP contribution in [0.2, 0.25) is 0 Å². The van der Waals surface area contributed by atoms with Crippen LogP contribution >= 0.6 is 0 Å². The Labute approximate surface area is 108 Å². The van der Waals surface area contributed by atoms with Crippen LogP contribution in [0.5, 0.6) is 0 Å². The fourth-order valence-electron chi connectivity index (χ4n) is 3.98. The lowest BCUT2D eigenvalue weighted by atomic mass is 9.78. The monoisotopic (exact) mass is 242 g/mol. The molecule has 0 amide bonds. The van der Waals surface area contributed by atoms with Gasteiger partial charge in [0.2, 0.25) is 0 Å². The minimum atomic E-state index is 0.00940. The first-order chi connectivity index (χ1) is 8.93. The van der Waals surface area contributed by atoms with Gasteiger partial charge >= 0.3 is 0 Å². The molecule has 0 N–H and O–H groups in total. The van der Waals surface area contributed by atoms with E-state index >= 15 is 0 Å². The molecule has 0 aromatic heterocycles. The predicted octanol–water partition coefficient (Wildman–Crippen LogP) is 2.97. The SMILES string of the molecule is C1=C[C@H]2C[C@@H]1[C@@H](C1OCCO1)[C@@H]2c1ccccc1. The first kappa shape index (κ1) is 10.8. The molecule has 1 saturated carbocycles. The first-order valence-corrected chi connectivity index (χ1v) is 6.90. The molecule has 2 nitrogen and oxygen atoms in total. The van der Waals surface area contributed by atoms with Crippen molar-refractivity contribution in [3.63, 3.8) is 0 Å². The molecule has 4 atom stereocenters. The molecule has 2 fully saturated rings. The summed E-state index contributed by atoms with van der Waals surface area (Å²) in [5.74, 6) is 2.40. The lowest BCUT2D eigenvalue weighted by Gasteiger charge is -2.31. The molecule has 1 aliphatic heterocycles. The van der Waals surface area contributed by atoms with Gasteiger partial charge in [-0.15, -0.1) is 0 Å². The number of hydrogen-bond donors (Lipinski definition) is 0. The summed E-state index contributed by atoms with van der Waals surface area (Å²) in [5.41, 5.74) is 1.44. The first-order valence-electron chi connectivity index (χ1n) is 6.90. The summed E-state index contributed by atoms with van der Waals surface area (Å²) in [6.45, 7) is 1.51. The summed E-state index contributed by atoms with van der Waals surface area (Å²) in [6.07, 6.45) is 6.05. The van der Waals surface area contributed by atoms with Crippen molar-refractivity contribution >= 4 is 0 Å². The standard InChI is InChI=1S/C16H18O2/c1-2-4-11(5-3-1)14-12-6-7-13(10-12)15(14)16-17-8-9-18-16/h1-7,12-16H,8-10H2/t12-,13+,14+,15+/m0/s1. The van der Waals surface area contributed by atoms with Crippen molar-refractivity contribution in [3.8, 4) is 0 Å². The van der Waals surface area contributed by atoms with Crippen molar-refractivity contribution in [2.75, 3.05) is 13.2 Å². The third-order valence-electron chi connectivity index (χ3n) is 4.67. The molecule has 3 aliphatic rings. The molecule has 0 radical (unpaired) electrons. The lowest BCUT2D eigenvalue weighted by molar-refractivity contribution is -0.0951. The van der Waals surface area contributed by atoms with E-state index in [0.717, 1.165) is 13.2 Å². The fraction of sp³-hybridized carbons (Fsp3) is 0.500. The normalized spacial score (nSPS) is 38.7. The van der Waals surface area contributed by atoms with Crippen LogP contribution in [0.25, 0.3) is 0 Å². The number of hydrogen-bond acceptors (Lipinski definition) is 2. The van der Waals surface area contributed by atoms with Crippen molar-refractivity contribution < 1.29 is 9.47 Å². The van der Waals surface area contributed by atoms with E-state index in [0.29, 0.717) is 23.7 Å². The average molecular weight is 242 g/mol. The van der Waals surface area contributed by atoms with Gasteiger partial charge in [0.1, 0.15) is 0 Å². The summed E-state index contributed by atoms with van der Waals surface area (Å²) in [6, 6.07) is 10.9. The highest BCUT2D eigenvalue weighted by Gasteiger charge is 2.50. The molecule has 0 spiro atoms. The quantitative estimate of drug-likeness (QED) is 0.742. The van der Waals surface area contributed by atoms with E-state index in [4.69, 9.17) is 9.47 Å². The van der Waals surface area contributed by atoms with Crippen molar-refractivity contribution in [2.45, 2.75) is 18.6 Å². The Morgan fingerprint density at radius 1 is 0.889 bits per heavy atom. The lowest BCUT2D eigenvalue weighted by Crippen LogP contribution is -2.30. The van der Waals surface area contributed by atoms with E-state index in [9.17, 15) is 0 Å². The molecule has 1 aromatic carbocycles. The van der Waals surface area contributed by atoms with Gasteiger partial charge in [-0.3, -0.25) is 0 Å². The highest BCUT2D eigenvalue weighted by atomic mass is 16.7. The molecule has 94 valence electrons.